The van der Waals surface area contributed by atoms with Crippen molar-refractivity contribution in [3.05, 3.63) is 29.8 Å². The van der Waals surface area contributed by atoms with Crippen LogP contribution in [0.5, 0.6) is 5.75 Å². The molecule has 0 radical (unpaired) electrons. The molecule has 1 fully saturated rings. The van der Waals surface area contributed by atoms with Crippen molar-refractivity contribution in [2.45, 2.75) is 50.4 Å². The van der Waals surface area contributed by atoms with Crippen LogP contribution in [0.1, 0.15) is 31.2 Å². The number of aliphatic hydroxyl groups excluding tert-OH is 1. The molecule has 18 heavy (non-hydrogen) atoms. The lowest BCUT2D eigenvalue weighted by Crippen LogP contribution is -2.31. The molecule has 3 heteroatoms. The average molecular weight is 248 g/mol. The third-order valence-electron chi connectivity index (χ3n) is 3.91. The summed E-state index contributed by atoms with van der Waals surface area (Å²) in [6, 6.07) is 8.04. The summed E-state index contributed by atoms with van der Waals surface area (Å²) in [5.41, 5.74) is 1.21. The molecule has 0 bridgehead atoms. The Bertz CT molecular complexity index is 373. The van der Waals surface area contributed by atoms with Crippen LogP contribution in [0, 0.1) is 0 Å². The highest BCUT2D eigenvalue weighted by molar-refractivity contribution is 5.37. The van der Waals surface area contributed by atoms with Gasteiger partial charge in [0.2, 0.25) is 0 Å². The van der Waals surface area contributed by atoms with Crippen molar-refractivity contribution in [2.24, 2.45) is 0 Å². The lowest BCUT2D eigenvalue weighted by Gasteiger charge is -2.19. The topological polar surface area (TPSA) is 38.7 Å². The van der Waals surface area contributed by atoms with Crippen LogP contribution in [0.3, 0.4) is 0 Å². The predicted molar refractivity (Wildman–Crippen MR) is 68.8 cm³/mol. The molecular formula is C15H20O3. The smallest absolute Gasteiger partial charge is 0.129 e. The molecule has 0 amide bonds. The summed E-state index contributed by atoms with van der Waals surface area (Å²) in [6.07, 6.45) is 4.71. The predicted octanol–water partition coefficient (Wildman–Crippen LogP) is 2.31. The van der Waals surface area contributed by atoms with E-state index >= 15 is 0 Å². The van der Waals surface area contributed by atoms with Crippen molar-refractivity contribution in [2.75, 3.05) is 6.61 Å². The van der Waals surface area contributed by atoms with E-state index in [1.807, 2.05) is 18.2 Å². The summed E-state index contributed by atoms with van der Waals surface area (Å²) in [7, 11) is 0. The molecule has 1 N–H and O–H groups in total. The van der Waals surface area contributed by atoms with E-state index in [0.29, 0.717) is 6.10 Å². The van der Waals surface area contributed by atoms with Crippen LogP contribution in [-0.4, -0.2) is 30.0 Å². The SMILES string of the molecule is OC(CCC1CCCO1)C1Cc2ccccc2O1. The molecule has 0 spiro atoms. The maximum Gasteiger partial charge on any atom is 0.129 e. The first-order valence-corrected chi connectivity index (χ1v) is 6.87. The molecule has 1 aromatic carbocycles. The van der Waals surface area contributed by atoms with Gasteiger partial charge in [-0.15, -0.1) is 0 Å². The maximum absolute atomic E-state index is 10.2. The highest BCUT2D eigenvalue weighted by Gasteiger charge is 2.29. The Balaban J connectivity index is 1.50. The molecule has 1 aromatic rings. The Labute approximate surface area is 108 Å². The molecule has 3 atom stereocenters. The van der Waals surface area contributed by atoms with Gasteiger partial charge in [0.15, 0.2) is 0 Å². The van der Waals surface area contributed by atoms with Gasteiger partial charge < -0.3 is 14.6 Å². The maximum atomic E-state index is 10.2. The summed E-state index contributed by atoms with van der Waals surface area (Å²) >= 11 is 0. The van der Waals surface area contributed by atoms with Gasteiger partial charge in [-0.1, -0.05) is 18.2 Å². The number of hydrogen-bond donors (Lipinski definition) is 1. The summed E-state index contributed by atoms with van der Waals surface area (Å²) in [6.45, 7) is 0.881. The number of benzene rings is 1. The first kappa shape index (κ1) is 12.0. The Morgan fingerprint density at radius 1 is 1.33 bits per heavy atom. The summed E-state index contributed by atoms with van der Waals surface area (Å²) in [4.78, 5) is 0. The van der Waals surface area contributed by atoms with Gasteiger partial charge in [-0.2, -0.15) is 0 Å². The summed E-state index contributed by atoms with van der Waals surface area (Å²) < 4.78 is 11.4. The fourth-order valence-corrected chi connectivity index (χ4v) is 2.84. The summed E-state index contributed by atoms with van der Waals surface area (Å²) in [5.74, 6) is 0.929. The largest absolute Gasteiger partial charge is 0.487 e. The van der Waals surface area contributed by atoms with Gasteiger partial charge in [-0.05, 0) is 37.3 Å². The molecule has 1 saturated heterocycles. The number of hydrogen-bond acceptors (Lipinski definition) is 3. The zero-order valence-corrected chi connectivity index (χ0v) is 10.5. The van der Waals surface area contributed by atoms with Gasteiger partial charge in [0.05, 0.1) is 12.2 Å². The fraction of sp³-hybridized carbons (Fsp3) is 0.600. The van der Waals surface area contributed by atoms with Gasteiger partial charge >= 0.3 is 0 Å². The minimum Gasteiger partial charge on any atom is -0.487 e. The number of rotatable bonds is 4. The van der Waals surface area contributed by atoms with Crippen LogP contribution in [0.15, 0.2) is 24.3 Å². The first-order chi connectivity index (χ1) is 8.83. The van der Waals surface area contributed by atoms with Gasteiger partial charge in [0.25, 0.3) is 0 Å². The standard InChI is InChI=1S/C15H20O3/c16-13(8-7-12-5-3-9-17-12)15-10-11-4-1-2-6-14(11)18-15/h1-2,4,6,12-13,15-16H,3,5,7-10H2. The molecule has 0 saturated carbocycles. The minimum atomic E-state index is -0.387. The third-order valence-corrected chi connectivity index (χ3v) is 3.91. The van der Waals surface area contributed by atoms with Crippen LogP contribution >= 0.6 is 0 Å². The summed E-state index contributed by atoms with van der Waals surface area (Å²) in [5, 5.41) is 10.2. The fourth-order valence-electron chi connectivity index (χ4n) is 2.84. The van der Waals surface area contributed by atoms with Crippen LogP contribution in [0.25, 0.3) is 0 Å². The normalized spacial score (nSPS) is 27.8. The van der Waals surface area contributed by atoms with Crippen molar-refractivity contribution in [1.29, 1.82) is 0 Å². The number of fused-ring (bicyclic) bond motifs is 1. The van der Waals surface area contributed by atoms with Crippen molar-refractivity contribution < 1.29 is 14.6 Å². The van der Waals surface area contributed by atoms with E-state index < -0.39 is 0 Å². The highest BCUT2D eigenvalue weighted by Crippen LogP contribution is 2.31. The van der Waals surface area contributed by atoms with Crippen LogP contribution in [-0.2, 0) is 11.2 Å². The molecule has 0 aromatic heterocycles. The Kier molecular flexibility index (Phi) is 3.52. The van der Waals surface area contributed by atoms with E-state index in [1.165, 1.54) is 5.56 Å². The van der Waals surface area contributed by atoms with E-state index in [9.17, 15) is 5.11 Å². The quantitative estimate of drug-likeness (QED) is 0.888. The van der Waals surface area contributed by atoms with E-state index in [-0.39, 0.29) is 12.2 Å². The van der Waals surface area contributed by atoms with E-state index in [4.69, 9.17) is 9.47 Å². The molecule has 3 unspecified atom stereocenters. The Morgan fingerprint density at radius 2 is 2.22 bits per heavy atom. The molecule has 3 nitrogen and oxygen atoms in total. The lowest BCUT2D eigenvalue weighted by molar-refractivity contribution is 0.0264. The van der Waals surface area contributed by atoms with Crippen LogP contribution in [0.4, 0.5) is 0 Å². The highest BCUT2D eigenvalue weighted by atomic mass is 16.5. The molecule has 0 aliphatic carbocycles. The van der Waals surface area contributed by atoms with Crippen molar-refractivity contribution in [3.8, 4) is 5.75 Å². The van der Waals surface area contributed by atoms with E-state index in [1.54, 1.807) is 0 Å². The Hall–Kier alpha value is -1.06. The van der Waals surface area contributed by atoms with Gasteiger partial charge in [-0.25, -0.2) is 0 Å². The van der Waals surface area contributed by atoms with Gasteiger partial charge in [0.1, 0.15) is 11.9 Å². The molecule has 2 heterocycles. The number of aliphatic hydroxyl groups is 1. The average Bonchev–Trinajstić information content (AvgIpc) is 3.04. The van der Waals surface area contributed by atoms with Crippen molar-refractivity contribution >= 4 is 0 Å². The van der Waals surface area contributed by atoms with Gasteiger partial charge in [-0.3, -0.25) is 0 Å². The second-order valence-electron chi connectivity index (χ2n) is 5.25. The van der Waals surface area contributed by atoms with Gasteiger partial charge in [0, 0.05) is 13.0 Å². The molecule has 2 aliphatic heterocycles. The molecule has 2 aliphatic rings. The molecular weight excluding hydrogens is 228 g/mol. The van der Waals surface area contributed by atoms with E-state index in [2.05, 4.69) is 6.07 Å². The third kappa shape index (κ3) is 2.52. The zero-order chi connectivity index (χ0) is 12.4. The molecule has 98 valence electrons. The molecule has 3 rings (SSSR count). The minimum absolute atomic E-state index is 0.0798. The van der Waals surface area contributed by atoms with Crippen molar-refractivity contribution in [1.82, 2.24) is 0 Å². The second kappa shape index (κ2) is 5.29. The van der Waals surface area contributed by atoms with Crippen LogP contribution < -0.4 is 4.74 Å². The lowest BCUT2D eigenvalue weighted by atomic mass is 10.0. The Morgan fingerprint density at radius 3 is 3.00 bits per heavy atom. The van der Waals surface area contributed by atoms with E-state index in [0.717, 1.165) is 44.5 Å². The van der Waals surface area contributed by atoms with Crippen LogP contribution in [0.2, 0.25) is 0 Å². The second-order valence-corrected chi connectivity index (χ2v) is 5.25. The number of ether oxygens (including phenoxy) is 2. The first-order valence-electron chi connectivity index (χ1n) is 6.87. The monoisotopic (exact) mass is 248 g/mol. The number of para-hydroxylation sites is 1. The van der Waals surface area contributed by atoms with Crippen molar-refractivity contribution in [3.63, 3.8) is 0 Å². The zero-order valence-electron chi connectivity index (χ0n) is 10.5.